The normalized spacial score (nSPS) is 10.3. The van der Waals surface area contributed by atoms with Crippen LogP contribution in [0.5, 0.6) is 0 Å². The van der Waals surface area contributed by atoms with Gasteiger partial charge in [-0.2, -0.15) is 4.39 Å². The Morgan fingerprint density at radius 3 is 2.94 bits per heavy atom. The van der Waals surface area contributed by atoms with Crippen LogP contribution in [0.4, 0.5) is 15.8 Å². The third kappa shape index (κ3) is 2.62. The number of benzene rings is 1. The average Bonchev–Trinajstić information content (AvgIpc) is 2.72. The molecule has 1 aromatic carbocycles. The summed E-state index contributed by atoms with van der Waals surface area (Å²) in [7, 11) is 0. The van der Waals surface area contributed by atoms with Crippen molar-refractivity contribution in [3.8, 4) is 0 Å². The van der Waals surface area contributed by atoms with Gasteiger partial charge in [-0.15, -0.1) is 11.3 Å². The summed E-state index contributed by atoms with van der Waals surface area (Å²) in [6, 6.07) is 3.97. The van der Waals surface area contributed by atoms with Gasteiger partial charge >= 0.3 is 5.69 Å². The standard InChI is InChI=1S/C11H10FN3O2S/c1-7-14-8(6-18-7)5-13-10-4-2-3-9(12)11(10)15(16)17/h2-4,6,13H,5H2,1H3. The highest BCUT2D eigenvalue weighted by Crippen LogP contribution is 2.27. The second-order valence-electron chi connectivity index (χ2n) is 3.60. The number of hydrogen-bond donors (Lipinski definition) is 1. The zero-order valence-corrected chi connectivity index (χ0v) is 10.3. The molecular weight excluding hydrogens is 257 g/mol. The fourth-order valence-electron chi connectivity index (χ4n) is 1.52. The molecule has 0 fully saturated rings. The summed E-state index contributed by atoms with van der Waals surface area (Å²) in [5.41, 5.74) is 0.395. The summed E-state index contributed by atoms with van der Waals surface area (Å²) in [6.07, 6.45) is 0. The predicted molar refractivity (Wildman–Crippen MR) is 67.2 cm³/mol. The van der Waals surface area contributed by atoms with Gasteiger partial charge in [0.25, 0.3) is 0 Å². The van der Waals surface area contributed by atoms with Gasteiger partial charge in [0, 0.05) is 5.38 Å². The molecule has 0 saturated heterocycles. The molecule has 0 aliphatic carbocycles. The molecule has 2 rings (SSSR count). The van der Waals surface area contributed by atoms with Gasteiger partial charge in [0.15, 0.2) is 0 Å². The molecule has 0 amide bonds. The van der Waals surface area contributed by atoms with Crippen LogP contribution in [0.1, 0.15) is 10.7 Å². The zero-order valence-electron chi connectivity index (χ0n) is 9.51. The number of thiazole rings is 1. The maximum atomic E-state index is 13.3. The van der Waals surface area contributed by atoms with E-state index in [0.29, 0.717) is 6.54 Å². The number of halogens is 1. The van der Waals surface area contributed by atoms with Crippen LogP contribution in [-0.4, -0.2) is 9.91 Å². The first-order chi connectivity index (χ1) is 8.58. The topological polar surface area (TPSA) is 68.1 Å². The molecule has 2 aromatic rings. The largest absolute Gasteiger partial charge is 0.374 e. The number of para-hydroxylation sites is 1. The minimum Gasteiger partial charge on any atom is -0.374 e. The van der Waals surface area contributed by atoms with Crippen molar-refractivity contribution in [3.05, 3.63) is 50.2 Å². The second-order valence-corrected chi connectivity index (χ2v) is 4.67. The van der Waals surface area contributed by atoms with Crippen LogP contribution in [0.15, 0.2) is 23.6 Å². The first kappa shape index (κ1) is 12.4. The monoisotopic (exact) mass is 267 g/mol. The maximum absolute atomic E-state index is 13.3. The number of rotatable bonds is 4. The van der Waals surface area contributed by atoms with Crippen molar-refractivity contribution in [3.63, 3.8) is 0 Å². The molecule has 5 nitrogen and oxygen atoms in total. The average molecular weight is 267 g/mol. The third-order valence-corrected chi connectivity index (χ3v) is 3.12. The number of nitro benzene ring substituents is 1. The van der Waals surface area contributed by atoms with E-state index in [4.69, 9.17) is 0 Å². The lowest BCUT2D eigenvalue weighted by molar-refractivity contribution is -0.386. The molecule has 0 aliphatic rings. The molecule has 0 unspecified atom stereocenters. The molecule has 18 heavy (non-hydrogen) atoms. The highest BCUT2D eigenvalue weighted by Gasteiger charge is 2.19. The molecule has 0 spiro atoms. The van der Waals surface area contributed by atoms with Crippen LogP contribution >= 0.6 is 11.3 Å². The summed E-state index contributed by atoms with van der Waals surface area (Å²) >= 11 is 1.49. The summed E-state index contributed by atoms with van der Waals surface area (Å²) in [4.78, 5) is 14.3. The number of nitrogens with zero attached hydrogens (tertiary/aromatic N) is 2. The van der Waals surface area contributed by atoms with Gasteiger partial charge in [0.05, 0.1) is 22.2 Å². The quantitative estimate of drug-likeness (QED) is 0.682. The van der Waals surface area contributed by atoms with E-state index in [-0.39, 0.29) is 5.69 Å². The van der Waals surface area contributed by atoms with E-state index in [0.717, 1.165) is 16.8 Å². The Bertz CT molecular complexity index is 585. The third-order valence-electron chi connectivity index (χ3n) is 2.30. The fraction of sp³-hybridized carbons (Fsp3) is 0.182. The molecule has 1 N–H and O–H groups in total. The lowest BCUT2D eigenvalue weighted by atomic mass is 10.2. The molecule has 7 heteroatoms. The Kier molecular flexibility index (Phi) is 3.52. The van der Waals surface area contributed by atoms with Crippen LogP contribution in [0.3, 0.4) is 0 Å². The van der Waals surface area contributed by atoms with Gasteiger partial charge in [0.2, 0.25) is 5.82 Å². The van der Waals surface area contributed by atoms with Crippen molar-refractivity contribution in [2.75, 3.05) is 5.32 Å². The van der Waals surface area contributed by atoms with E-state index in [1.54, 1.807) is 0 Å². The number of nitro groups is 1. The number of anilines is 1. The predicted octanol–water partition coefficient (Wildman–Crippen LogP) is 3.11. The van der Waals surface area contributed by atoms with Gasteiger partial charge in [-0.05, 0) is 19.1 Å². The minimum atomic E-state index is -0.848. The molecular formula is C11H10FN3O2S. The van der Waals surface area contributed by atoms with Crippen LogP contribution in [0.25, 0.3) is 0 Å². The summed E-state index contributed by atoms with van der Waals surface area (Å²) in [6.45, 7) is 2.20. The Morgan fingerprint density at radius 2 is 2.33 bits per heavy atom. The molecule has 1 aromatic heterocycles. The molecule has 1 heterocycles. The van der Waals surface area contributed by atoms with Crippen molar-refractivity contribution in [1.82, 2.24) is 4.98 Å². The lowest BCUT2D eigenvalue weighted by Crippen LogP contribution is -2.04. The van der Waals surface area contributed by atoms with E-state index in [9.17, 15) is 14.5 Å². The Morgan fingerprint density at radius 1 is 1.56 bits per heavy atom. The van der Waals surface area contributed by atoms with E-state index in [2.05, 4.69) is 10.3 Å². The van der Waals surface area contributed by atoms with Crippen molar-refractivity contribution in [2.24, 2.45) is 0 Å². The van der Waals surface area contributed by atoms with Crippen LogP contribution in [0.2, 0.25) is 0 Å². The summed E-state index contributed by atoms with van der Waals surface area (Å²) < 4.78 is 13.3. The lowest BCUT2D eigenvalue weighted by Gasteiger charge is -2.05. The zero-order chi connectivity index (χ0) is 13.1. The van der Waals surface area contributed by atoms with E-state index >= 15 is 0 Å². The maximum Gasteiger partial charge on any atom is 0.327 e. The van der Waals surface area contributed by atoms with Crippen molar-refractivity contribution in [2.45, 2.75) is 13.5 Å². The Balaban J connectivity index is 2.19. The van der Waals surface area contributed by atoms with Crippen molar-refractivity contribution >= 4 is 22.7 Å². The van der Waals surface area contributed by atoms with Gasteiger partial charge in [-0.3, -0.25) is 10.1 Å². The molecule has 0 aliphatic heterocycles. The second kappa shape index (κ2) is 5.09. The first-order valence-electron chi connectivity index (χ1n) is 5.15. The highest BCUT2D eigenvalue weighted by atomic mass is 32.1. The molecule has 94 valence electrons. The number of aryl methyl sites for hydroxylation is 1. The SMILES string of the molecule is Cc1nc(CNc2cccc(F)c2[N+](=O)[O-])cs1. The minimum absolute atomic E-state index is 0.158. The van der Waals surface area contributed by atoms with Gasteiger partial charge in [-0.25, -0.2) is 4.98 Å². The number of aromatic nitrogens is 1. The van der Waals surface area contributed by atoms with Gasteiger partial charge in [0.1, 0.15) is 5.69 Å². The molecule has 0 saturated carbocycles. The fourth-order valence-corrected chi connectivity index (χ4v) is 2.13. The van der Waals surface area contributed by atoms with Crippen LogP contribution in [0, 0.1) is 22.9 Å². The summed E-state index contributed by atoms with van der Waals surface area (Å²) in [5, 5.41) is 16.4. The van der Waals surface area contributed by atoms with Gasteiger partial charge in [-0.1, -0.05) is 6.07 Å². The number of hydrogen-bond acceptors (Lipinski definition) is 5. The molecule has 0 bridgehead atoms. The Hall–Kier alpha value is -2.02. The first-order valence-corrected chi connectivity index (χ1v) is 6.03. The van der Waals surface area contributed by atoms with E-state index in [1.165, 1.54) is 23.5 Å². The van der Waals surface area contributed by atoms with Gasteiger partial charge < -0.3 is 5.32 Å². The summed E-state index contributed by atoms with van der Waals surface area (Å²) in [5.74, 6) is -0.848. The number of nitrogens with one attached hydrogen (secondary N) is 1. The molecule has 0 radical (unpaired) electrons. The van der Waals surface area contributed by atoms with E-state index in [1.807, 2.05) is 12.3 Å². The molecule has 0 atom stereocenters. The highest BCUT2D eigenvalue weighted by molar-refractivity contribution is 7.09. The van der Waals surface area contributed by atoms with Crippen LogP contribution in [-0.2, 0) is 6.54 Å². The van der Waals surface area contributed by atoms with Crippen molar-refractivity contribution < 1.29 is 9.31 Å². The van der Waals surface area contributed by atoms with Crippen LogP contribution < -0.4 is 5.32 Å². The van der Waals surface area contributed by atoms with Crippen molar-refractivity contribution in [1.29, 1.82) is 0 Å². The Labute approximate surface area is 106 Å². The van der Waals surface area contributed by atoms with E-state index < -0.39 is 16.4 Å². The smallest absolute Gasteiger partial charge is 0.327 e.